The third kappa shape index (κ3) is 5.12. The molecule has 1 aliphatic heterocycles. The maximum absolute atomic E-state index is 14.4. The van der Waals surface area contributed by atoms with Gasteiger partial charge in [-0.3, -0.25) is 9.59 Å². The predicted molar refractivity (Wildman–Crippen MR) is 114 cm³/mol. The van der Waals surface area contributed by atoms with Gasteiger partial charge in [-0.2, -0.15) is 0 Å². The van der Waals surface area contributed by atoms with Crippen molar-refractivity contribution >= 4 is 11.8 Å². The first kappa shape index (κ1) is 21.9. The van der Waals surface area contributed by atoms with Crippen molar-refractivity contribution in [3.8, 4) is 28.9 Å². The molecule has 4 rings (SSSR count). The molecule has 0 unspecified atom stereocenters. The van der Waals surface area contributed by atoms with Gasteiger partial charge in [-0.25, -0.2) is 9.37 Å². The summed E-state index contributed by atoms with van der Waals surface area (Å²) >= 11 is 0. The van der Waals surface area contributed by atoms with Crippen LogP contribution in [-0.4, -0.2) is 29.7 Å². The van der Waals surface area contributed by atoms with E-state index in [4.69, 9.17) is 24.7 Å². The van der Waals surface area contributed by atoms with E-state index in [9.17, 15) is 14.0 Å². The molecule has 3 aromatic rings. The van der Waals surface area contributed by atoms with Crippen LogP contribution >= 0.6 is 0 Å². The molecule has 0 saturated heterocycles. The second-order valence-electron chi connectivity index (χ2n) is 7.07. The molecule has 1 aromatic heterocycles. The normalized spacial score (nSPS) is 12.7. The Morgan fingerprint density at radius 1 is 1.15 bits per heavy atom. The van der Waals surface area contributed by atoms with Gasteiger partial charge in [-0.15, -0.1) is 0 Å². The minimum atomic E-state index is -0.899. The van der Waals surface area contributed by atoms with Crippen LogP contribution in [0.25, 0.3) is 0 Å². The number of hydrogen-bond acceptors (Lipinski definition) is 7. The molecule has 0 bridgehead atoms. The van der Waals surface area contributed by atoms with Crippen LogP contribution in [0.2, 0.25) is 0 Å². The molecule has 1 aliphatic rings. The number of primary amides is 1. The molecule has 0 aliphatic carbocycles. The summed E-state index contributed by atoms with van der Waals surface area (Å²) < 4.78 is 36.0. The average Bonchev–Trinajstić information content (AvgIpc) is 3.26. The van der Waals surface area contributed by atoms with Crippen molar-refractivity contribution in [2.45, 2.75) is 19.6 Å². The van der Waals surface area contributed by atoms with Gasteiger partial charge in [0.1, 0.15) is 22.9 Å². The number of halogens is 1. The smallest absolute Gasteiger partial charge is 0.258 e. The summed E-state index contributed by atoms with van der Waals surface area (Å²) in [6.45, 7) is 1.50. The van der Waals surface area contributed by atoms with Gasteiger partial charge in [0, 0.05) is 30.4 Å². The molecule has 0 spiro atoms. The van der Waals surface area contributed by atoms with Crippen LogP contribution in [0.4, 0.5) is 4.39 Å². The second kappa shape index (κ2) is 9.43. The Kier molecular flexibility index (Phi) is 6.25. The van der Waals surface area contributed by atoms with Crippen molar-refractivity contribution < 1.29 is 32.9 Å². The molecule has 9 nitrogen and oxygen atoms in total. The zero-order chi connectivity index (χ0) is 23.4. The molecule has 1 atom stereocenters. The Hall–Kier alpha value is -4.34. The number of nitrogens with one attached hydrogen (secondary N) is 1. The van der Waals surface area contributed by atoms with E-state index in [-0.39, 0.29) is 36.1 Å². The lowest BCUT2D eigenvalue weighted by Crippen LogP contribution is -2.30. The van der Waals surface area contributed by atoms with Gasteiger partial charge in [0.15, 0.2) is 17.6 Å². The highest BCUT2D eigenvalue weighted by molar-refractivity contribution is 5.96. The first-order valence-corrected chi connectivity index (χ1v) is 9.96. The predicted octanol–water partition coefficient (Wildman–Crippen LogP) is 2.92. The van der Waals surface area contributed by atoms with Crippen molar-refractivity contribution in [2.75, 3.05) is 6.79 Å². The lowest BCUT2D eigenvalue weighted by atomic mass is 10.2. The largest absolute Gasteiger partial charge is 0.481 e. The summed E-state index contributed by atoms with van der Waals surface area (Å²) in [4.78, 5) is 28.0. The molecule has 0 fully saturated rings. The van der Waals surface area contributed by atoms with E-state index in [1.807, 2.05) is 0 Å². The van der Waals surface area contributed by atoms with Crippen LogP contribution in [0.5, 0.6) is 28.9 Å². The molecular formula is C23H20FN3O6. The number of pyridine rings is 1. The topological polar surface area (TPSA) is 122 Å². The van der Waals surface area contributed by atoms with Gasteiger partial charge in [0.25, 0.3) is 11.8 Å². The third-order valence-electron chi connectivity index (χ3n) is 4.75. The van der Waals surface area contributed by atoms with Crippen LogP contribution in [-0.2, 0) is 11.3 Å². The van der Waals surface area contributed by atoms with Crippen LogP contribution in [0.15, 0.2) is 54.7 Å². The Bertz CT molecular complexity index is 1200. The van der Waals surface area contributed by atoms with Gasteiger partial charge in [0.2, 0.25) is 12.7 Å². The van der Waals surface area contributed by atoms with Crippen LogP contribution in [0.3, 0.4) is 0 Å². The van der Waals surface area contributed by atoms with Crippen LogP contribution < -0.4 is 30.0 Å². The van der Waals surface area contributed by atoms with E-state index in [0.29, 0.717) is 17.2 Å². The molecule has 2 aromatic carbocycles. The number of amides is 2. The fourth-order valence-electron chi connectivity index (χ4n) is 2.97. The fraction of sp³-hybridized carbons (Fsp3) is 0.174. The van der Waals surface area contributed by atoms with Gasteiger partial charge in [-0.05, 0) is 37.3 Å². The number of carbonyl (C=O) groups is 2. The van der Waals surface area contributed by atoms with Crippen molar-refractivity contribution in [1.29, 1.82) is 0 Å². The molecule has 2 heterocycles. The highest BCUT2D eigenvalue weighted by Crippen LogP contribution is 2.36. The van der Waals surface area contributed by atoms with Crippen molar-refractivity contribution in [3.05, 3.63) is 71.7 Å². The Morgan fingerprint density at radius 3 is 2.73 bits per heavy atom. The van der Waals surface area contributed by atoms with Gasteiger partial charge in [-0.1, -0.05) is 6.07 Å². The van der Waals surface area contributed by atoms with Crippen LogP contribution in [0, 0.1) is 5.82 Å². The molecule has 2 amide bonds. The lowest BCUT2D eigenvalue weighted by molar-refractivity contribution is -0.123. The van der Waals surface area contributed by atoms with Crippen molar-refractivity contribution in [1.82, 2.24) is 10.3 Å². The minimum absolute atomic E-state index is 0.0820. The second-order valence-corrected chi connectivity index (χ2v) is 7.07. The maximum Gasteiger partial charge on any atom is 0.258 e. The van der Waals surface area contributed by atoms with Gasteiger partial charge < -0.3 is 30.0 Å². The summed E-state index contributed by atoms with van der Waals surface area (Å²) in [5.74, 6) is 0.0136. The first-order chi connectivity index (χ1) is 15.9. The van der Waals surface area contributed by atoms with Gasteiger partial charge >= 0.3 is 0 Å². The quantitative estimate of drug-likeness (QED) is 0.538. The number of aromatic nitrogens is 1. The summed E-state index contributed by atoms with van der Waals surface area (Å²) in [6.07, 6.45) is 0.591. The number of fused-ring (bicyclic) bond motifs is 1. The lowest BCUT2D eigenvalue weighted by Gasteiger charge is -2.13. The number of benzene rings is 2. The third-order valence-corrected chi connectivity index (χ3v) is 4.75. The molecule has 3 N–H and O–H groups in total. The summed E-state index contributed by atoms with van der Waals surface area (Å²) in [5.41, 5.74) is 5.54. The molecule has 170 valence electrons. The number of nitrogens with two attached hydrogens (primary N) is 1. The zero-order valence-corrected chi connectivity index (χ0v) is 17.5. The molecule has 10 heteroatoms. The Morgan fingerprint density at radius 2 is 1.94 bits per heavy atom. The van der Waals surface area contributed by atoms with Crippen LogP contribution in [0.1, 0.15) is 22.8 Å². The monoisotopic (exact) mass is 453 g/mol. The standard InChI is InChI=1S/C23H20FN3O6/c1-13(21(25)28)32-15-5-4-14(18(24)9-15)11-27-22(29)17-3-2-8-26-23(17)33-16-6-7-19-20(10-16)31-12-30-19/h2-10,13H,11-12H2,1H3,(H2,25,28)(H,27,29)/t13-/m1/s1. The molecule has 0 saturated carbocycles. The van der Waals surface area contributed by atoms with E-state index < -0.39 is 23.7 Å². The number of ether oxygens (including phenoxy) is 4. The Labute approximate surface area is 188 Å². The van der Waals surface area contributed by atoms with E-state index in [0.717, 1.165) is 6.07 Å². The van der Waals surface area contributed by atoms with Gasteiger partial charge in [0.05, 0.1) is 0 Å². The number of hydrogen-bond donors (Lipinski definition) is 2. The minimum Gasteiger partial charge on any atom is -0.481 e. The number of rotatable bonds is 8. The molecule has 33 heavy (non-hydrogen) atoms. The number of carbonyl (C=O) groups excluding carboxylic acids is 2. The first-order valence-electron chi connectivity index (χ1n) is 9.96. The average molecular weight is 453 g/mol. The van der Waals surface area contributed by atoms with E-state index >= 15 is 0 Å². The van der Waals surface area contributed by atoms with E-state index in [1.165, 1.54) is 25.3 Å². The molecule has 0 radical (unpaired) electrons. The summed E-state index contributed by atoms with van der Waals surface area (Å²) in [6, 6.07) is 12.2. The maximum atomic E-state index is 14.4. The fourth-order valence-corrected chi connectivity index (χ4v) is 2.97. The molecular weight excluding hydrogens is 433 g/mol. The zero-order valence-electron chi connectivity index (χ0n) is 17.5. The van der Waals surface area contributed by atoms with Crippen molar-refractivity contribution in [3.63, 3.8) is 0 Å². The number of nitrogens with zero attached hydrogens (tertiary/aromatic N) is 1. The highest BCUT2D eigenvalue weighted by Gasteiger charge is 2.18. The Balaban J connectivity index is 1.43. The SMILES string of the molecule is C[C@@H](Oc1ccc(CNC(=O)c2cccnc2Oc2ccc3c(c2)OCO3)c(F)c1)C(N)=O. The summed E-state index contributed by atoms with van der Waals surface area (Å²) in [7, 11) is 0. The summed E-state index contributed by atoms with van der Waals surface area (Å²) in [5, 5.41) is 2.64. The van der Waals surface area contributed by atoms with E-state index in [2.05, 4.69) is 10.3 Å². The highest BCUT2D eigenvalue weighted by atomic mass is 19.1. The van der Waals surface area contributed by atoms with E-state index in [1.54, 1.807) is 30.3 Å². The van der Waals surface area contributed by atoms with Crippen molar-refractivity contribution in [2.24, 2.45) is 5.73 Å².